The van der Waals surface area contributed by atoms with Gasteiger partial charge in [-0.15, -0.1) is 0 Å². The quantitative estimate of drug-likeness (QED) is 0.758. The first-order valence-corrected chi connectivity index (χ1v) is 11.7. The Bertz CT molecular complexity index is 829. The molecule has 2 atom stereocenters. The number of anilines is 2. The highest BCUT2D eigenvalue weighted by molar-refractivity contribution is 5.91. The molecule has 0 amide bonds. The predicted octanol–water partition coefficient (Wildman–Crippen LogP) is 4.65. The minimum absolute atomic E-state index is 0.559. The van der Waals surface area contributed by atoms with Gasteiger partial charge in [0.2, 0.25) is 0 Å². The molecule has 2 saturated heterocycles. The zero-order valence-electron chi connectivity index (χ0n) is 17.7. The van der Waals surface area contributed by atoms with Crippen molar-refractivity contribution in [3.8, 4) is 0 Å². The number of benzene rings is 1. The number of rotatable bonds is 3. The zero-order valence-corrected chi connectivity index (χ0v) is 17.7. The van der Waals surface area contributed by atoms with Crippen LogP contribution in [0.25, 0.3) is 10.9 Å². The van der Waals surface area contributed by atoms with Crippen molar-refractivity contribution in [3.63, 3.8) is 0 Å². The summed E-state index contributed by atoms with van der Waals surface area (Å²) in [5.41, 5.74) is 2.31. The van der Waals surface area contributed by atoms with Gasteiger partial charge < -0.3 is 14.5 Å². The molecule has 0 spiro atoms. The molecule has 3 heterocycles. The van der Waals surface area contributed by atoms with E-state index in [4.69, 9.17) is 9.72 Å². The van der Waals surface area contributed by atoms with Gasteiger partial charge in [-0.3, -0.25) is 0 Å². The molecule has 0 N–H and O–H groups in total. The molecule has 3 fully saturated rings. The third kappa shape index (κ3) is 3.81. The van der Waals surface area contributed by atoms with Gasteiger partial charge in [-0.1, -0.05) is 32.1 Å². The molecular formula is C24H34N4O. The van der Waals surface area contributed by atoms with E-state index in [-0.39, 0.29) is 0 Å². The molecule has 2 aliphatic heterocycles. The molecule has 156 valence electrons. The summed E-state index contributed by atoms with van der Waals surface area (Å²) in [5, 5.41) is 1.20. The van der Waals surface area contributed by atoms with Crippen LogP contribution in [-0.2, 0) is 4.74 Å². The maximum Gasteiger partial charge on any atom is 0.140 e. The lowest BCUT2D eigenvalue weighted by molar-refractivity contribution is 0.122. The number of fused-ring (bicyclic) bond motifs is 1. The van der Waals surface area contributed by atoms with E-state index >= 15 is 0 Å². The van der Waals surface area contributed by atoms with Gasteiger partial charge in [0.15, 0.2) is 0 Å². The lowest BCUT2D eigenvalue weighted by Gasteiger charge is -2.44. The molecular weight excluding hydrogens is 360 g/mol. The fourth-order valence-corrected chi connectivity index (χ4v) is 5.94. The Labute approximate surface area is 174 Å². The Balaban J connectivity index is 1.42. The fraction of sp³-hybridized carbons (Fsp3) is 0.667. The molecule has 29 heavy (non-hydrogen) atoms. The highest BCUT2D eigenvalue weighted by atomic mass is 16.5. The molecule has 0 radical (unpaired) electrons. The second kappa shape index (κ2) is 8.47. The number of aromatic nitrogens is 2. The summed E-state index contributed by atoms with van der Waals surface area (Å²) in [4.78, 5) is 14.4. The highest BCUT2D eigenvalue weighted by Crippen LogP contribution is 2.40. The molecule has 2 unspecified atom stereocenters. The Morgan fingerprint density at radius 1 is 0.931 bits per heavy atom. The minimum Gasteiger partial charge on any atom is -0.378 e. The molecule has 2 aromatic rings. The molecule has 1 aromatic heterocycles. The van der Waals surface area contributed by atoms with Gasteiger partial charge in [-0.2, -0.15) is 0 Å². The van der Waals surface area contributed by atoms with Gasteiger partial charge >= 0.3 is 0 Å². The van der Waals surface area contributed by atoms with Crippen LogP contribution in [0.1, 0.15) is 51.9 Å². The monoisotopic (exact) mass is 394 g/mol. The Kier molecular flexibility index (Phi) is 5.58. The predicted molar refractivity (Wildman–Crippen MR) is 119 cm³/mol. The largest absolute Gasteiger partial charge is 0.378 e. The molecule has 1 saturated carbocycles. The van der Waals surface area contributed by atoms with E-state index in [1.165, 1.54) is 56.0 Å². The second-order valence-electron chi connectivity index (χ2n) is 9.14. The first-order valence-electron chi connectivity index (χ1n) is 11.7. The van der Waals surface area contributed by atoms with E-state index in [0.29, 0.717) is 6.04 Å². The van der Waals surface area contributed by atoms with Crippen LogP contribution in [0.2, 0.25) is 0 Å². The van der Waals surface area contributed by atoms with Crippen LogP contribution in [0.5, 0.6) is 0 Å². The number of morpholine rings is 1. The van der Waals surface area contributed by atoms with Gasteiger partial charge in [0.1, 0.15) is 12.1 Å². The number of nitrogens with zero attached hydrogens (tertiary/aromatic N) is 4. The van der Waals surface area contributed by atoms with Crippen molar-refractivity contribution in [3.05, 3.63) is 24.5 Å². The average Bonchev–Trinajstić information content (AvgIpc) is 2.80. The van der Waals surface area contributed by atoms with Crippen molar-refractivity contribution in [1.29, 1.82) is 0 Å². The second-order valence-corrected chi connectivity index (χ2v) is 9.14. The van der Waals surface area contributed by atoms with Crippen molar-refractivity contribution < 1.29 is 4.74 Å². The smallest absolute Gasteiger partial charge is 0.140 e. The fourth-order valence-electron chi connectivity index (χ4n) is 5.94. The summed E-state index contributed by atoms with van der Waals surface area (Å²) in [6.45, 7) is 7.07. The van der Waals surface area contributed by atoms with Gasteiger partial charge in [-0.05, 0) is 49.8 Å². The summed E-state index contributed by atoms with van der Waals surface area (Å²) in [6.07, 6.45) is 11.6. The first-order chi connectivity index (χ1) is 14.3. The lowest BCUT2D eigenvalue weighted by atomic mass is 9.73. The third-order valence-electron chi connectivity index (χ3n) is 7.55. The maximum atomic E-state index is 5.50. The zero-order chi connectivity index (χ0) is 19.6. The molecule has 0 bridgehead atoms. The summed E-state index contributed by atoms with van der Waals surface area (Å²) in [7, 11) is 0. The van der Waals surface area contributed by atoms with Crippen molar-refractivity contribution in [2.75, 3.05) is 42.6 Å². The van der Waals surface area contributed by atoms with Crippen LogP contribution in [0, 0.1) is 11.8 Å². The molecule has 5 nitrogen and oxygen atoms in total. The summed E-state index contributed by atoms with van der Waals surface area (Å²) >= 11 is 0. The molecule has 3 aliphatic rings. The van der Waals surface area contributed by atoms with Gasteiger partial charge in [0, 0.05) is 36.7 Å². The number of hydrogen-bond donors (Lipinski definition) is 0. The summed E-state index contributed by atoms with van der Waals surface area (Å²) in [6, 6.07) is 7.28. The van der Waals surface area contributed by atoms with Crippen LogP contribution < -0.4 is 9.80 Å². The van der Waals surface area contributed by atoms with E-state index in [9.17, 15) is 0 Å². The van der Waals surface area contributed by atoms with Gasteiger partial charge in [0.25, 0.3) is 0 Å². The van der Waals surface area contributed by atoms with E-state index in [1.54, 1.807) is 6.33 Å². The van der Waals surface area contributed by atoms with Crippen molar-refractivity contribution in [2.24, 2.45) is 11.8 Å². The highest BCUT2D eigenvalue weighted by Gasteiger charge is 2.35. The van der Waals surface area contributed by atoms with Gasteiger partial charge in [-0.25, -0.2) is 9.97 Å². The van der Waals surface area contributed by atoms with Crippen molar-refractivity contribution in [1.82, 2.24) is 9.97 Å². The van der Waals surface area contributed by atoms with E-state index in [1.807, 2.05) is 0 Å². The lowest BCUT2D eigenvalue weighted by Crippen LogP contribution is -2.47. The summed E-state index contributed by atoms with van der Waals surface area (Å²) < 4.78 is 5.50. The number of hydrogen-bond acceptors (Lipinski definition) is 5. The minimum atomic E-state index is 0.559. The molecule has 5 heteroatoms. The van der Waals surface area contributed by atoms with E-state index < -0.39 is 0 Å². The Morgan fingerprint density at radius 2 is 1.76 bits per heavy atom. The molecule has 1 aliphatic carbocycles. The molecule has 5 rings (SSSR count). The van der Waals surface area contributed by atoms with Crippen molar-refractivity contribution >= 4 is 22.4 Å². The van der Waals surface area contributed by atoms with E-state index in [2.05, 4.69) is 39.9 Å². The van der Waals surface area contributed by atoms with E-state index in [0.717, 1.165) is 56.0 Å². The number of ether oxygens (including phenoxy) is 1. The topological polar surface area (TPSA) is 41.5 Å². The van der Waals surface area contributed by atoms with Gasteiger partial charge in [0.05, 0.1) is 18.7 Å². The maximum absolute atomic E-state index is 5.50. The molecule has 1 aromatic carbocycles. The average molecular weight is 395 g/mol. The standard InChI is InChI=1S/C24H34N4O/c1-18-21(19-6-3-2-4-7-19)8-5-11-28(18)24-22-10-9-20(16-23(22)25-17-26-24)27-12-14-29-15-13-27/h9-10,16-19,21H,2-8,11-15H2,1H3. The van der Waals surface area contributed by atoms with Crippen LogP contribution in [0.4, 0.5) is 11.5 Å². The summed E-state index contributed by atoms with van der Waals surface area (Å²) in [5.74, 6) is 2.85. The normalized spacial score (nSPS) is 26.8. The third-order valence-corrected chi connectivity index (χ3v) is 7.55. The first kappa shape index (κ1) is 19.1. The number of piperidine rings is 1. The van der Waals surface area contributed by atoms with Crippen LogP contribution in [-0.4, -0.2) is 48.9 Å². The Morgan fingerprint density at radius 3 is 2.59 bits per heavy atom. The van der Waals surface area contributed by atoms with Crippen LogP contribution in [0.3, 0.4) is 0 Å². The Hall–Kier alpha value is -1.88. The SMILES string of the molecule is CC1C(C2CCCCC2)CCCN1c1ncnc2cc(N3CCOCC3)ccc12. The van der Waals surface area contributed by atoms with Crippen molar-refractivity contribution in [2.45, 2.75) is 57.9 Å². The van der Waals surface area contributed by atoms with Crippen LogP contribution in [0.15, 0.2) is 24.5 Å². The van der Waals surface area contributed by atoms with Crippen LogP contribution >= 0.6 is 0 Å².